The minimum absolute atomic E-state index is 0.0125. The minimum atomic E-state index is -0.112. The maximum Gasteiger partial charge on any atom is 0.340 e. The lowest BCUT2D eigenvalue weighted by Gasteiger charge is -2.45. The van der Waals surface area contributed by atoms with Gasteiger partial charge in [0.05, 0.1) is 11.4 Å². The zero-order chi connectivity index (χ0) is 28.2. The van der Waals surface area contributed by atoms with E-state index in [4.69, 9.17) is 4.42 Å². The molecule has 10 rings (SSSR count). The summed E-state index contributed by atoms with van der Waals surface area (Å²) in [4.78, 5) is 18.8. The molecule has 0 unspecified atom stereocenters. The first-order valence-electron chi connectivity index (χ1n) is 14.7. The van der Waals surface area contributed by atoms with Gasteiger partial charge in [-0.3, -0.25) is 4.90 Å². The molecule has 7 aromatic rings. The molecule has 3 aliphatic rings. The van der Waals surface area contributed by atoms with E-state index >= 15 is 4.79 Å². The Bertz CT molecular complexity index is 2300. The minimum Gasteiger partial charge on any atom is -0.440 e. The maximum atomic E-state index is 15.0. The first-order valence-corrected chi connectivity index (χ1v) is 14.7. The van der Waals surface area contributed by atoms with Crippen molar-refractivity contribution in [2.24, 2.45) is 0 Å². The summed E-state index contributed by atoms with van der Waals surface area (Å²) in [6.07, 6.45) is 0. The van der Waals surface area contributed by atoms with Crippen LogP contribution in [0, 0.1) is 0 Å². The summed E-state index contributed by atoms with van der Waals surface area (Å²) < 4.78 is 6.65. The number of furan rings is 1. The van der Waals surface area contributed by atoms with Crippen LogP contribution in [0.1, 0.15) is 0 Å². The topological polar surface area (TPSA) is 36.7 Å². The number of benzene rings is 6. The third-order valence-electron chi connectivity index (χ3n) is 9.51. The number of hydrogen-bond acceptors (Lipinski definition) is 2. The molecule has 0 spiro atoms. The van der Waals surface area contributed by atoms with E-state index in [1.807, 2.05) is 34.1 Å². The van der Waals surface area contributed by atoms with Gasteiger partial charge in [0, 0.05) is 21.9 Å². The summed E-state index contributed by atoms with van der Waals surface area (Å²) in [6.45, 7) is -0.0648. The monoisotopic (exact) mass is 548 g/mol. The maximum absolute atomic E-state index is 15.0. The molecule has 4 heterocycles. The first kappa shape index (κ1) is 23.1. The van der Waals surface area contributed by atoms with Crippen LogP contribution in [0.4, 0.5) is 27.7 Å². The third kappa shape index (κ3) is 2.90. The highest BCUT2D eigenvalue weighted by Gasteiger charge is 2.49. The van der Waals surface area contributed by atoms with E-state index < -0.39 is 0 Å². The Morgan fingerprint density at radius 3 is 1.91 bits per heavy atom. The van der Waals surface area contributed by atoms with Crippen molar-refractivity contribution in [3.63, 3.8) is 0 Å². The molecule has 0 saturated carbocycles. The highest BCUT2D eigenvalue weighted by atomic mass is 16.4. The number of carbonyl (C=O) groups is 1. The fourth-order valence-corrected chi connectivity index (χ4v) is 7.82. The summed E-state index contributed by atoms with van der Waals surface area (Å²) >= 11 is 0. The molecule has 6 heteroatoms. The Morgan fingerprint density at radius 2 is 1.14 bits per heavy atom. The van der Waals surface area contributed by atoms with E-state index in [-0.39, 0.29) is 19.5 Å². The Kier molecular flexibility index (Phi) is 4.46. The number of fused-ring (bicyclic) bond motifs is 6. The quantitative estimate of drug-likeness (QED) is 0.295. The average Bonchev–Trinajstić information content (AvgIpc) is 3.45. The van der Waals surface area contributed by atoms with Gasteiger partial charge in [-0.05, 0) is 33.9 Å². The van der Waals surface area contributed by atoms with Crippen molar-refractivity contribution >= 4 is 96.9 Å². The van der Waals surface area contributed by atoms with Crippen LogP contribution in [0.25, 0.3) is 21.7 Å². The van der Waals surface area contributed by atoms with Crippen LogP contribution in [-0.4, -0.2) is 19.5 Å². The van der Waals surface area contributed by atoms with Gasteiger partial charge in [0.1, 0.15) is 5.58 Å². The molecule has 6 aromatic carbocycles. The molecule has 4 nitrogen and oxygen atoms in total. The van der Waals surface area contributed by atoms with Gasteiger partial charge in [0.25, 0.3) is 6.71 Å². The zero-order valence-corrected chi connectivity index (χ0v) is 23.1. The van der Waals surface area contributed by atoms with Gasteiger partial charge in [-0.2, -0.15) is 0 Å². The largest absolute Gasteiger partial charge is 0.440 e. The Balaban J connectivity index is 1.37. The predicted molar refractivity (Wildman–Crippen MR) is 178 cm³/mol. The van der Waals surface area contributed by atoms with Gasteiger partial charge in [-0.15, -0.1) is 0 Å². The van der Waals surface area contributed by atoms with E-state index in [1.165, 1.54) is 10.9 Å². The molecular weight excluding hydrogens is 526 g/mol. The van der Waals surface area contributed by atoms with Gasteiger partial charge < -0.3 is 4.42 Å². The summed E-state index contributed by atoms with van der Waals surface area (Å²) in [5.41, 5.74) is 10.4. The van der Waals surface area contributed by atoms with Crippen molar-refractivity contribution in [2.75, 3.05) is 9.80 Å². The summed E-state index contributed by atoms with van der Waals surface area (Å²) in [5.74, 6) is 0.610. The number of rotatable bonds is 2. The van der Waals surface area contributed by atoms with Crippen molar-refractivity contribution in [3.8, 4) is 0 Å². The fraction of sp³-hybridized carbons (Fsp3) is 0. The molecule has 198 valence electrons. The van der Waals surface area contributed by atoms with Gasteiger partial charge in [0.2, 0.25) is 12.6 Å². The van der Waals surface area contributed by atoms with Crippen LogP contribution in [0.2, 0.25) is 0 Å². The average molecular weight is 548 g/mol. The van der Waals surface area contributed by atoms with Gasteiger partial charge in [-0.1, -0.05) is 132 Å². The molecule has 2 amide bonds. The number of nitrogens with zero attached hydrogens (tertiary/aromatic N) is 2. The van der Waals surface area contributed by atoms with Crippen LogP contribution in [0.3, 0.4) is 0 Å². The summed E-state index contributed by atoms with van der Waals surface area (Å²) in [5, 5.41) is 3.24. The second-order valence-electron chi connectivity index (χ2n) is 11.6. The standard InChI is InChI=1S/C37H22B2N2O2/c42-37-40-30-17-9-8-16-27(30)38(24-11-3-1-4-12-24)28-21-19-23-20-22-29-35(32(23)34(28)40)41(37)36-33(26-15-7-10-18-31(26)43-36)39(29)25-13-5-2-6-14-25/h1-22H. The smallest absolute Gasteiger partial charge is 0.340 e. The van der Waals surface area contributed by atoms with Crippen LogP contribution in [0.15, 0.2) is 138 Å². The lowest BCUT2D eigenvalue weighted by Crippen LogP contribution is -2.64. The van der Waals surface area contributed by atoms with Crippen LogP contribution >= 0.6 is 0 Å². The molecule has 0 bridgehead atoms. The SMILES string of the molecule is O=C1N2c3ccccc3B(c3ccccc3)c3ccc4ccc5c(c4c32)N1c1oc2ccccc2c1B5c1ccccc1. The molecule has 43 heavy (non-hydrogen) atoms. The van der Waals surface area contributed by atoms with Gasteiger partial charge in [-0.25, -0.2) is 9.69 Å². The first-order chi connectivity index (χ1) is 21.3. The predicted octanol–water partition coefficient (Wildman–Crippen LogP) is 4.66. The van der Waals surface area contributed by atoms with E-state index in [1.54, 1.807) is 0 Å². The number of hydrogen-bond donors (Lipinski definition) is 0. The number of carbonyl (C=O) groups excluding carboxylic acids is 1. The second-order valence-corrected chi connectivity index (χ2v) is 11.6. The van der Waals surface area contributed by atoms with Crippen molar-refractivity contribution in [2.45, 2.75) is 0 Å². The molecule has 0 radical (unpaired) electrons. The van der Waals surface area contributed by atoms with Crippen LogP contribution in [0.5, 0.6) is 0 Å². The molecule has 0 atom stereocenters. The van der Waals surface area contributed by atoms with Crippen molar-refractivity contribution < 1.29 is 9.21 Å². The molecular formula is C37H22B2N2O2. The molecule has 0 saturated heterocycles. The fourth-order valence-electron chi connectivity index (χ4n) is 7.82. The van der Waals surface area contributed by atoms with E-state index in [0.717, 1.165) is 60.7 Å². The third-order valence-corrected chi connectivity index (χ3v) is 9.51. The van der Waals surface area contributed by atoms with E-state index in [2.05, 4.69) is 109 Å². The Labute approximate surface area is 248 Å². The van der Waals surface area contributed by atoms with Crippen molar-refractivity contribution in [1.82, 2.24) is 0 Å². The summed E-state index contributed by atoms with van der Waals surface area (Å²) in [7, 11) is 0. The van der Waals surface area contributed by atoms with E-state index in [9.17, 15) is 0 Å². The van der Waals surface area contributed by atoms with E-state index in [0.29, 0.717) is 5.88 Å². The van der Waals surface area contributed by atoms with Crippen molar-refractivity contribution in [1.29, 1.82) is 0 Å². The number of para-hydroxylation sites is 2. The zero-order valence-electron chi connectivity index (χ0n) is 23.1. The van der Waals surface area contributed by atoms with Crippen LogP contribution < -0.4 is 42.6 Å². The highest BCUT2D eigenvalue weighted by molar-refractivity contribution is 7.00. The molecule has 1 aromatic heterocycles. The Hall–Kier alpha value is -5.48. The van der Waals surface area contributed by atoms with Gasteiger partial charge >= 0.3 is 6.03 Å². The lowest BCUT2D eigenvalue weighted by molar-refractivity contribution is 0.255. The summed E-state index contributed by atoms with van der Waals surface area (Å²) in [6, 6.07) is 46.5. The molecule has 0 fully saturated rings. The highest BCUT2D eigenvalue weighted by Crippen LogP contribution is 2.48. The van der Waals surface area contributed by atoms with Gasteiger partial charge in [0.15, 0.2) is 0 Å². The second kappa shape index (κ2) is 8.30. The number of amides is 2. The Morgan fingerprint density at radius 1 is 0.535 bits per heavy atom. The lowest BCUT2D eigenvalue weighted by atomic mass is 9.34. The number of urea groups is 1. The molecule has 0 aliphatic carbocycles. The normalized spacial score (nSPS) is 14.4. The molecule has 0 N–H and O–H groups in total. The van der Waals surface area contributed by atoms with Crippen LogP contribution in [-0.2, 0) is 0 Å². The molecule has 3 aliphatic heterocycles. The number of anilines is 4. The van der Waals surface area contributed by atoms with Crippen molar-refractivity contribution in [3.05, 3.63) is 133 Å².